The Kier molecular flexibility index (Phi) is 3.76. The first kappa shape index (κ1) is 13.2. The summed E-state index contributed by atoms with van der Waals surface area (Å²) in [4.78, 5) is 3.34. The number of para-hydroxylation sites is 1. The molecule has 0 fully saturated rings. The summed E-state index contributed by atoms with van der Waals surface area (Å²) in [6, 6.07) is 9.00. The molecule has 18 heavy (non-hydrogen) atoms. The van der Waals surface area contributed by atoms with Gasteiger partial charge >= 0.3 is 0 Å². The van der Waals surface area contributed by atoms with E-state index in [1.54, 1.807) is 0 Å². The zero-order valence-electron chi connectivity index (χ0n) is 11.9. The maximum absolute atomic E-state index is 3.61. The highest BCUT2D eigenvalue weighted by atomic mass is 14.9. The Morgan fingerprint density at radius 2 is 1.94 bits per heavy atom. The number of aromatic nitrogens is 1. The maximum atomic E-state index is 3.61. The van der Waals surface area contributed by atoms with Crippen LogP contribution in [0.25, 0.3) is 10.9 Å². The Morgan fingerprint density at radius 1 is 1.22 bits per heavy atom. The zero-order chi connectivity index (χ0) is 13.2. The van der Waals surface area contributed by atoms with E-state index in [1.165, 1.54) is 16.5 Å². The Labute approximate surface area is 110 Å². The van der Waals surface area contributed by atoms with Gasteiger partial charge in [-0.25, -0.2) is 0 Å². The van der Waals surface area contributed by atoms with Crippen LogP contribution in [0, 0.1) is 5.41 Å². The molecule has 98 valence electrons. The smallest absolute Gasteiger partial charge is 0.0456 e. The second kappa shape index (κ2) is 5.15. The van der Waals surface area contributed by atoms with Gasteiger partial charge in [0.2, 0.25) is 0 Å². The number of hydrogen-bond acceptors (Lipinski definition) is 1. The number of nitrogens with one attached hydrogen (secondary N) is 2. The van der Waals surface area contributed by atoms with E-state index in [0.717, 1.165) is 13.0 Å². The lowest BCUT2D eigenvalue weighted by molar-refractivity contribution is 0.356. The number of benzene rings is 1. The fraction of sp³-hybridized carbons (Fsp3) is 0.500. The van der Waals surface area contributed by atoms with Gasteiger partial charge in [0, 0.05) is 29.7 Å². The van der Waals surface area contributed by atoms with Gasteiger partial charge in [0.25, 0.3) is 0 Å². The van der Waals surface area contributed by atoms with Gasteiger partial charge in [0.05, 0.1) is 0 Å². The Balaban J connectivity index is 2.01. The molecular weight excluding hydrogens is 220 g/mol. The second-order valence-electron chi connectivity index (χ2n) is 6.41. The van der Waals surface area contributed by atoms with Crippen LogP contribution in [0.3, 0.4) is 0 Å². The summed E-state index contributed by atoms with van der Waals surface area (Å²) in [6.07, 6.45) is 3.21. The fourth-order valence-corrected chi connectivity index (χ4v) is 2.18. The first-order chi connectivity index (χ1) is 8.46. The third kappa shape index (κ3) is 3.36. The topological polar surface area (TPSA) is 27.8 Å². The molecule has 0 aliphatic heterocycles. The van der Waals surface area contributed by atoms with Crippen molar-refractivity contribution < 1.29 is 0 Å². The van der Waals surface area contributed by atoms with Crippen LogP contribution in [0.1, 0.15) is 33.3 Å². The van der Waals surface area contributed by atoms with Crippen LogP contribution >= 0.6 is 0 Å². The van der Waals surface area contributed by atoms with Gasteiger partial charge in [-0.15, -0.1) is 0 Å². The Bertz CT molecular complexity index is 505. The van der Waals surface area contributed by atoms with Gasteiger partial charge in [0.1, 0.15) is 0 Å². The first-order valence-electron chi connectivity index (χ1n) is 6.74. The predicted molar refractivity (Wildman–Crippen MR) is 78.9 cm³/mol. The summed E-state index contributed by atoms with van der Waals surface area (Å²) in [5, 5.41) is 4.96. The van der Waals surface area contributed by atoms with Crippen LogP contribution in [0.15, 0.2) is 30.5 Å². The molecule has 2 N–H and O–H groups in total. The van der Waals surface area contributed by atoms with Crippen molar-refractivity contribution in [1.82, 2.24) is 10.3 Å². The quantitative estimate of drug-likeness (QED) is 0.842. The van der Waals surface area contributed by atoms with E-state index in [0.29, 0.717) is 11.5 Å². The highest BCUT2D eigenvalue weighted by Crippen LogP contribution is 2.19. The molecule has 0 radical (unpaired) electrons. The standard InChI is InChI=1S/C16H24N2/c1-12(18-11-16(2,3)4)9-13-10-17-15-8-6-5-7-14(13)15/h5-8,10,12,17-18H,9,11H2,1-4H3/t12-/m1/s1. The van der Waals surface area contributed by atoms with Gasteiger partial charge in [0.15, 0.2) is 0 Å². The van der Waals surface area contributed by atoms with Gasteiger partial charge in [-0.05, 0) is 30.4 Å². The average molecular weight is 244 g/mol. The van der Waals surface area contributed by atoms with Crippen LogP contribution in [0.4, 0.5) is 0 Å². The Hall–Kier alpha value is -1.28. The van der Waals surface area contributed by atoms with Gasteiger partial charge in [-0.2, -0.15) is 0 Å². The van der Waals surface area contributed by atoms with E-state index in [-0.39, 0.29) is 0 Å². The molecular formula is C16H24N2. The molecule has 0 aliphatic rings. The third-order valence-electron chi connectivity index (χ3n) is 3.18. The molecule has 1 heterocycles. The molecule has 0 unspecified atom stereocenters. The number of hydrogen-bond donors (Lipinski definition) is 2. The van der Waals surface area contributed by atoms with E-state index in [2.05, 4.69) is 68.5 Å². The number of H-pyrrole nitrogens is 1. The van der Waals surface area contributed by atoms with Crippen LogP contribution in [-0.4, -0.2) is 17.6 Å². The Morgan fingerprint density at radius 3 is 2.67 bits per heavy atom. The number of fused-ring (bicyclic) bond motifs is 1. The SMILES string of the molecule is C[C@H](Cc1c[nH]c2ccccc12)NCC(C)(C)C. The largest absolute Gasteiger partial charge is 0.361 e. The molecule has 2 nitrogen and oxygen atoms in total. The molecule has 1 aromatic carbocycles. The van der Waals surface area contributed by atoms with Crippen molar-refractivity contribution in [2.75, 3.05) is 6.54 Å². The molecule has 0 spiro atoms. The number of aromatic amines is 1. The molecule has 0 saturated heterocycles. The second-order valence-corrected chi connectivity index (χ2v) is 6.41. The summed E-state index contributed by atoms with van der Waals surface area (Å²) in [7, 11) is 0. The molecule has 1 aromatic heterocycles. The molecule has 0 amide bonds. The maximum Gasteiger partial charge on any atom is 0.0456 e. The van der Waals surface area contributed by atoms with Crippen LogP contribution in [-0.2, 0) is 6.42 Å². The number of rotatable bonds is 4. The predicted octanol–water partition coefficient (Wildman–Crippen LogP) is 3.73. The zero-order valence-corrected chi connectivity index (χ0v) is 11.9. The molecule has 2 aromatic rings. The van der Waals surface area contributed by atoms with Crippen molar-refractivity contribution in [2.24, 2.45) is 5.41 Å². The minimum Gasteiger partial charge on any atom is -0.361 e. The first-order valence-corrected chi connectivity index (χ1v) is 6.74. The summed E-state index contributed by atoms with van der Waals surface area (Å²) in [6.45, 7) is 10.1. The molecule has 0 aliphatic carbocycles. The third-order valence-corrected chi connectivity index (χ3v) is 3.18. The molecule has 0 saturated carbocycles. The lowest BCUT2D eigenvalue weighted by Gasteiger charge is -2.22. The van der Waals surface area contributed by atoms with Gasteiger partial charge in [-0.1, -0.05) is 39.0 Å². The lowest BCUT2D eigenvalue weighted by atomic mass is 9.96. The monoisotopic (exact) mass is 244 g/mol. The van der Waals surface area contributed by atoms with Crippen molar-refractivity contribution in [2.45, 2.75) is 40.2 Å². The van der Waals surface area contributed by atoms with E-state index >= 15 is 0 Å². The van der Waals surface area contributed by atoms with Crippen LogP contribution < -0.4 is 5.32 Å². The molecule has 2 heteroatoms. The van der Waals surface area contributed by atoms with Crippen LogP contribution in [0.5, 0.6) is 0 Å². The van der Waals surface area contributed by atoms with Crippen molar-refractivity contribution in [3.63, 3.8) is 0 Å². The molecule has 2 rings (SSSR count). The highest BCUT2D eigenvalue weighted by molar-refractivity contribution is 5.83. The average Bonchev–Trinajstić information content (AvgIpc) is 2.70. The lowest BCUT2D eigenvalue weighted by Crippen LogP contribution is -2.35. The molecule has 1 atom stereocenters. The fourth-order valence-electron chi connectivity index (χ4n) is 2.18. The van der Waals surface area contributed by atoms with Crippen molar-refractivity contribution in [3.05, 3.63) is 36.0 Å². The van der Waals surface area contributed by atoms with E-state index < -0.39 is 0 Å². The van der Waals surface area contributed by atoms with Crippen molar-refractivity contribution >= 4 is 10.9 Å². The van der Waals surface area contributed by atoms with Gasteiger partial charge < -0.3 is 10.3 Å². The summed E-state index contributed by atoms with van der Waals surface area (Å²) >= 11 is 0. The molecule has 0 bridgehead atoms. The highest BCUT2D eigenvalue weighted by Gasteiger charge is 2.13. The minimum absolute atomic E-state index is 0.342. The summed E-state index contributed by atoms with van der Waals surface area (Å²) < 4.78 is 0. The van der Waals surface area contributed by atoms with Crippen LogP contribution in [0.2, 0.25) is 0 Å². The minimum atomic E-state index is 0.342. The normalized spacial score (nSPS) is 14.0. The van der Waals surface area contributed by atoms with E-state index in [1.807, 2.05) is 0 Å². The summed E-state index contributed by atoms with van der Waals surface area (Å²) in [5.41, 5.74) is 2.98. The van der Waals surface area contributed by atoms with Crippen molar-refractivity contribution in [3.8, 4) is 0 Å². The van der Waals surface area contributed by atoms with E-state index in [4.69, 9.17) is 0 Å². The van der Waals surface area contributed by atoms with Gasteiger partial charge in [-0.3, -0.25) is 0 Å². The van der Waals surface area contributed by atoms with Crippen molar-refractivity contribution in [1.29, 1.82) is 0 Å². The summed E-state index contributed by atoms with van der Waals surface area (Å²) in [5.74, 6) is 0. The van der Waals surface area contributed by atoms with E-state index in [9.17, 15) is 0 Å².